The fourth-order valence-corrected chi connectivity index (χ4v) is 2.88. The summed E-state index contributed by atoms with van der Waals surface area (Å²) in [6.07, 6.45) is 2.08. The third kappa shape index (κ3) is 7.30. The molecule has 6 heteroatoms. The summed E-state index contributed by atoms with van der Waals surface area (Å²) in [5.74, 6) is 0.930. The zero-order valence-electron chi connectivity index (χ0n) is 14.0. The molecule has 126 valence electrons. The van der Waals surface area contributed by atoms with Gasteiger partial charge in [-0.05, 0) is 18.9 Å². The van der Waals surface area contributed by atoms with E-state index in [1.165, 1.54) is 10.6 Å². The van der Waals surface area contributed by atoms with E-state index in [0.717, 1.165) is 31.0 Å². The van der Waals surface area contributed by atoms with E-state index in [1.54, 1.807) is 11.3 Å². The lowest BCUT2D eigenvalue weighted by Crippen LogP contribution is -2.37. The van der Waals surface area contributed by atoms with E-state index in [9.17, 15) is 0 Å². The van der Waals surface area contributed by atoms with Gasteiger partial charge < -0.3 is 10.2 Å². The van der Waals surface area contributed by atoms with Gasteiger partial charge in [0.1, 0.15) is 0 Å². The first-order chi connectivity index (χ1) is 10.6. The summed E-state index contributed by atoms with van der Waals surface area (Å²) in [7, 11) is 4.03. The molecule has 1 aromatic carbocycles. The van der Waals surface area contributed by atoms with Crippen LogP contribution in [0.1, 0.15) is 22.7 Å². The molecule has 1 N–H and O–H groups in total. The standard InChI is InChI=1S/C17H24N4S.HI/c1-14-13-22-16(20-14)10-7-11-18-17(21(2)3)19-12-15-8-5-4-6-9-15;/h4-6,8-9,13H,7,10-12H2,1-3H3,(H,18,19);1H. The minimum Gasteiger partial charge on any atom is -0.356 e. The summed E-state index contributed by atoms with van der Waals surface area (Å²) < 4.78 is 0. The van der Waals surface area contributed by atoms with Gasteiger partial charge in [0.25, 0.3) is 0 Å². The number of thiazole rings is 1. The van der Waals surface area contributed by atoms with Crippen LogP contribution in [0.3, 0.4) is 0 Å². The second kappa shape index (κ2) is 10.6. The Kier molecular flexibility index (Phi) is 9.16. The van der Waals surface area contributed by atoms with Gasteiger partial charge in [-0.1, -0.05) is 30.3 Å². The van der Waals surface area contributed by atoms with Crippen LogP contribution < -0.4 is 5.32 Å². The lowest BCUT2D eigenvalue weighted by molar-refractivity contribution is 0.574. The van der Waals surface area contributed by atoms with E-state index < -0.39 is 0 Å². The van der Waals surface area contributed by atoms with Crippen LogP contribution in [0.4, 0.5) is 0 Å². The van der Waals surface area contributed by atoms with Crippen LogP contribution in [0, 0.1) is 6.92 Å². The molecule has 0 spiro atoms. The number of aliphatic imine (C=N–C) groups is 1. The molecule has 0 unspecified atom stereocenters. The molecule has 4 nitrogen and oxygen atoms in total. The summed E-state index contributed by atoms with van der Waals surface area (Å²) in [6.45, 7) is 3.65. The molecule has 23 heavy (non-hydrogen) atoms. The van der Waals surface area contributed by atoms with Gasteiger partial charge in [0.2, 0.25) is 0 Å². The lowest BCUT2D eigenvalue weighted by atomic mass is 10.2. The normalized spacial score (nSPS) is 11.0. The molecule has 1 aromatic heterocycles. The summed E-state index contributed by atoms with van der Waals surface area (Å²) in [5, 5.41) is 6.74. The van der Waals surface area contributed by atoms with Gasteiger partial charge in [-0.3, -0.25) is 0 Å². The Labute approximate surface area is 160 Å². The van der Waals surface area contributed by atoms with Crippen molar-refractivity contribution in [2.75, 3.05) is 20.6 Å². The molecule has 0 aliphatic heterocycles. The van der Waals surface area contributed by atoms with E-state index >= 15 is 0 Å². The van der Waals surface area contributed by atoms with Crippen LogP contribution in [0.25, 0.3) is 0 Å². The molecule has 0 fully saturated rings. The van der Waals surface area contributed by atoms with Crippen molar-refractivity contribution < 1.29 is 0 Å². The first-order valence-electron chi connectivity index (χ1n) is 7.55. The van der Waals surface area contributed by atoms with E-state index in [1.807, 2.05) is 44.1 Å². The molecule has 2 aromatic rings. The van der Waals surface area contributed by atoms with Crippen molar-refractivity contribution in [3.05, 3.63) is 52.0 Å². The highest BCUT2D eigenvalue weighted by molar-refractivity contribution is 14.0. The molecule has 0 radical (unpaired) electrons. The maximum Gasteiger partial charge on any atom is 0.193 e. The SMILES string of the molecule is Cc1csc(CCCNC(=NCc2ccccc2)N(C)C)n1.I. The number of halogens is 1. The molecule has 1 heterocycles. The number of guanidine groups is 1. The third-order valence-corrected chi connectivity index (χ3v) is 4.22. The Bertz CT molecular complexity index is 596. The molecular weight excluding hydrogens is 419 g/mol. The molecule has 0 atom stereocenters. The fourth-order valence-electron chi connectivity index (χ4n) is 2.06. The van der Waals surface area contributed by atoms with Gasteiger partial charge in [-0.2, -0.15) is 0 Å². The largest absolute Gasteiger partial charge is 0.356 e. The first kappa shape index (κ1) is 19.9. The number of aryl methyl sites for hydroxylation is 2. The fraction of sp³-hybridized carbons (Fsp3) is 0.412. The van der Waals surface area contributed by atoms with Crippen molar-refractivity contribution in [2.24, 2.45) is 4.99 Å². The van der Waals surface area contributed by atoms with Gasteiger partial charge in [-0.15, -0.1) is 35.3 Å². The predicted octanol–water partition coefficient (Wildman–Crippen LogP) is 3.71. The Hall–Kier alpha value is -1.15. The van der Waals surface area contributed by atoms with Crippen LogP contribution >= 0.6 is 35.3 Å². The molecular formula is C17H25IN4S. The van der Waals surface area contributed by atoms with Gasteiger partial charge in [0.15, 0.2) is 5.96 Å². The first-order valence-corrected chi connectivity index (χ1v) is 8.43. The number of hydrogen-bond donors (Lipinski definition) is 1. The Balaban J connectivity index is 0.00000264. The van der Waals surface area contributed by atoms with Gasteiger partial charge in [-0.25, -0.2) is 9.98 Å². The second-order valence-corrected chi connectivity index (χ2v) is 6.38. The maximum absolute atomic E-state index is 4.66. The zero-order chi connectivity index (χ0) is 15.8. The lowest BCUT2D eigenvalue weighted by Gasteiger charge is -2.17. The number of aromatic nitrogens is 1. The minimum absolute atomic E-state index is 0. The quantitative estimate of drug-likeness (QED) is 0.320. The monoisotopic (exact) mass is 444 g/mol. The maximum atomic E-state index is 4.66. The van der Waals surface area contributed by atoms with Crippen LogP contribution in [0.2, 0.25) is 0 Å². The van der Waals surface area contributed by atoms with E-state index in [0.29, 0.717) is 6.54 Å². The van der Waals surface area contributed by atoms with E-state index in [4.69, 9.17) is 0 Å². The molecule has 0 amide bonds. The third-order valence-electron chi connectivity index (χ3n) is 3.19. The van der Waals surface area contributed by atoms with Crippen molar-refractivity contribution in [1.29, 1.82) is 0 Å². The van der Waals surface area contributed by atoms with Crippen molar-refractivity contribution in [3.8, 4) is 0 Å². The smallest absolute Gasteiger partial charge is 0.193 e. The van der Waals surface area contributed by atoms with Crippen LogP contribution in [0.15, 0.2) is 40.7 Å². The van der Waals surface area contributed by atoms with Gasteiger partial charge in [0, 0.05) is 38.1 Å². The summed E-state index contributed by atoms with van der Waals surface area (Å²) in [6, 6.07) is 10.3. The highest BCUT2D eigenvalue weighted by Gasteiger charge is 2.02. The molecule has 0 bridgehead atoms. The average molecular weight is 444 g/mol. The highest BCUT2D eigenvalue weighted by Crippen LogP contribution is 2.10. The van der Waals surface area contributed by atoms with Crippen molar-refractivity contribution in [2.45, 2.75) is 26.3 Å². The molecule has 0 aliphatic rings. The number of nitrogens with zero attached hydrogens (tertiary/aromatic N) is 3. The molecule has 2 rings (SSSR count). The topological polar surface area (TPSA) is 40.5 Å². The van der Waals surface area contributed by atoms with E-state index in [2.05, 4.69) is 32.8 Å². The molecule has 0 saturated carbocycles. The average Bonchev–Trinajstić information content (AvgIpc) is 2.92. The molecule has 0 aliphatic carbocycles. The second-order valence-electron chi connectivity index (χ2n) is 5.43. The Morgan fingerprint density at radius 3 is 2.61 bits per heavy atom. The van der Waals surface area contributed by atoms with Crippen LogP contribution in [0.5, 0.6) is 0 Å². The van der Waals surface area contributed by atoms with Crippen molar-refractivity contribution in [1.82, 2.24) is 15.2 Å². The number of hydrogen-bond acceptors (Lipinski definition) is 3. The van der Waals surface area contributed by atoms with Crippen LogP contribution in [-0.4, -0.2) is 36.5 Å². The predicted molar refractivity (Wildman–Crippen MR) is 110 cm³/mol. The number of benzene rings is 1. The minimum atomic E-state index is 0. The molecule has 0 saturated heterocycles. The summed E-state index contributed by atoms with van der Waals surface area (Å²) in [5.41, 5.74) is 2.34. The Morgan fingerprint density at radius 1 is 1.26 bits per heavy atom. The number of nitrogens with one attached hydrogen (secondary N) is 1. The van der Waals surface area contributed by atoms with E-state index in [-0.39, 0.29) is 24.0 Å². The summed E-state index contributed by atoms with van der Waals surface area (Å²) in [4.78, 5) is 11.2. The number of rotatable bonds is 6. The van der Waals surface area contributed by atoms with Crippen molar-refractivity contribution >= 4 is 41.3 Å². The summed E-state index contributed by atoms with van der Waals surface area (Å²) >= 11 is 1.74. The van der Waals surface area contributed by atoms with Crippen molar-refractivity contribution in [3.63, 3.8) is 0 Å². The Morgan fingerprint density at radius 2 is 2.00 bits per heavy atom. The zero-order valence-corrected chi connectivity index (χ0v) is 17.1. The van der Waals surface area contributed by atoms with Gasteiger partial charge in [0.05, 0.1) is 11.6 Å². The van der Waals surface area contributed by atoms with Crippen LogP contribution in [-0.2, 0) is 13.0 Å². The highest BCUT2D eigenvalue weighted by atomic mass is 127. The van der Waals surface area contributed by atoms with Gasteiger partial charge >= 0.3 is 0 Å².